The zero-order valence-electron chi connectivity index (χ0n) is 15.0. The van der Waals surface area contributed by atoms with Gasteiger partial charge < -0.3 is 10.6 Å². The number of piperidine rings is 1. The Labute approximate surface area is 155 Å². The van der Waals surface area contributed by atoms with E-state index in [1.807, 2.05) is 0 Å². The average molecular weight is 381 g/mol. The SMILES string of the molecule is Cc1c(C(=O)Nc2cccc(CCC(F)(F)F)c2)nnn1C1CCNCC1. The molecule has 3 rings (SSSR count). The molecule has 1 aliphatic heterocycles. The maximum atomic E-state index is 12.5. The van der Waals surface area contributed by atoms with E-state index < -0.39 is 18.5 Å². The molecule has 9 heteroatoms. The number of aromatic nitrogens is 3. The van der Waals surface area contributed by atoms with E-state index in [2.05, 4.69) is 20.9 Å². The number of carbonyl (C=O) groups excluding carboxylic acids is 1. The van der Waals surface area contributed by atoms with Crippen LogP contribution in [0.5, 0.6) is 0 Å². The number of hydrogen-bond acceptors (Lipinski definition) is 4. The number of carbonyl (C=O) groups is 1. The number of aryl methyl sites for hydroxylation is 1. The van der Waals surface area contributed by atoms with E-state index in [0.29, 0.717) is 16.9 Å². The zero-order chi connectivity index (χ0) is 19.4. The van der Waals surface area contributed by atoms with Crippen LogP contribution >= 0.6 is 0 Å². The summed E-state index contributed by atoms with van der Waals surface area (Å²) in [5, 5.41) is 14.1. The molecule has 0 atom stereocenters. The summed E-state index contributed by atoms with van der Waals surface area (Å²) in [4.78, 5) is 12.5. The van der Waals surface area contributed by atoms with Crippen LogP contribution in [0.25, 0.3) is 0 Å². The van der Waals surface area contributed by atoms with Crippen molar-refractivity contribution in [2.45, 2.75) is 44.8 Å². The number of alkyl halides is 3. The van der Waals surface area contributed by atoms with E-state index in [0.717, 1.165) is 25.9 Å². The lowest BCUT2D eigenvalue weighted by Gasteiger charge is -2.23. The first-order chi connectivity index (χ1) is 12.8. The van der Waals surface area contributed by atoms with Crippen molar-refractivity contribution in [2.75, 3.05) is 18.4 Å². The quantitative estimate of drug-likeness (QED) is 0.834. The Bertz CT molecular complexity index is 797. The van der Waals surface area contributed by atoms with E-state index in [4.69, 9.17) is 0 Å². The molecule has 1 aromatic carbocycles. The summed E-state index contributed by atoms with van der Waals surface area (Å²) in [5.74, 6) is -0.416. The van der Waals surface area contributed by atoms with E-state index in [1.54, 1.807) is 35.9 Å². The van der Waals surface area contributed by atoms with Crippen molar-refractivity contribution in [2.24, 2.45) is 0 Å². The molecule has 0 radical (unpaired) electrons. The van der Waals surface area contributed by atoms with Crippen LogP contribution in [0.15, 0.2) is 24.3 Å². The third-order valence-corrected chi connectivity index (χ3v) is 4.68. The molecule has 0 aliphatic carbocycles. The fourth-order valence-corrected chi connectivity index (χ4v) is 3.23. The van der Waals surface area contributed by atoms with Gasteiger partial charge in [0.05, 0.1) is 11.7 Å². The fourth-order valence-electron chi connectivity index (χ4n) is 3.23. The molecule has 2 heterocycles. The van der Waals surface area contributed by atoms with Crippen LogP contribution < -0.4 is 10.6 Å². The zero-order valence-corrected chi connectivity index (χ0v) is 15.0. The van der Waals surface area contributed by atoms with Crippen LogP contribution in [0.2, 0.25) is 0 Å². The number of hydrogen-bond donors (Lipinski definition) is 2. The van der Waals surface area contributed by atoms with Gasteiger partial charge in [-0.1, -0.05) is 17.3 Å². The first-order valence-electron chi connectivity index (χ1n) is 8.93. The van der Waals surface area contributed by atoms with Gasteiger partial charge in [0.15, 0.2) is 5.69 Å². The van der Waals surface area contributed by atoms with Gasteiger partial charge in [0, 0.05) is 12.1 Å². The fraction of sp³-hybridized carbons (Fsp3) is 0.500. The third-order valence-electron chi connectivity index (χ3n) is 4.68. The van der Waals surface area contributed by atoms with E-state index >= 15 is 0 Å². The second-order valence-electron chi connectivity index (χ2n) is 6.72. The summed E-state index contributed by atoms with van der Waals surface area (Å²) in [5.41, 5.74) is 1.87. The Morgan fingerprint density at radius 2 is 2.07 bits per heavy atom. The van der Waals surface area contributed by atoms with Crippen LogP contribution in [0.1, 0.15) is 47.1 Å². The van der Waals surface area contributed by atoms with Crippen LogP contribution in [-0.2, 0) is 6.42 Å². The summed E-state index contributed by atoms with van der Waals surface area (Å²) in [6.07, 6.45) is -3.38. The highest BCUT2D eigenvalue weighted by molar-refractivity contribution is 6.03. The highest BCUT2D eigenvalue weighted by atomic mass is 19.4. The lowest BCUT2D eigenvalue weighted by molar-refractivity contribution is -0.134. The van der Waals surface area contributed by atoms with Crippen LogP contribution in [0.4, 0.5) is 18.9 Å². The molecular weight excluding hydrogens is 359 g/mol. The summed E-state index contributed by atoms with van der Waals surface area (Å²) >= 11 is 0. The second kappa shape index (κ2) is 8.08. The van der Waals surface area contributed by atoms with Crippen molar-refractivity contribution in [1.82, 2.24) is 20.3 Å². The number of rotatable bonds is 5. The van der Waals surface area contributed by atoms with Gasteiger partial charge in [0.1, 0.15) is 0 Å². The lowest BCUT2D eigenvalue weighted by Crippen LogP contribution is -2.30. The molecule has 2 N–H and O–H groups in total. The van der Waals surface area contributed by atoms with Gasteiger partial charge in [-0.15, -0.1) is 5.10 Å². The summed E-state index contributed by atoms with van der Waals surface area (Å²) in [6.45, 7) is 3.60. The first-order valence-corrected chi connectivity index (χ1v) is 8.93. The Balaban J connectivity index is 1.68. The maximum absolute atomic E-state index is 12.5. The molecule has 6 nitrogen and oxygen atoms in total. The van der Waals surface area contributed by atoms with E-state index in [-0.39, 0.29) is 18.2 Å². The molecule has 0 bridgehead atoms. The maximum Gasteiger partial charge on any atom is 0.389 e. The number of halogens is 3. The number of anilines is 1. The lowest BCUT2D eigenvalue weighted by atomic mass is 10.1. The third kappa shape index (κ3) is 5.06. The predicted molar refractivity (Wildman–Crippen MR) is 94.7 cm³/mol. The molecule has 146 valence electrons. The van der Waals surface area contributed by atoms with Crippen molar-refractivity contribution in [3.8, 4) is 0 Å². The average Bonchev–Trinajstić information content (AvgIpc) is 3.02. The molecule has 1 amide bonds. The van der Waals surface area contributed by atoms with Crippen molar-refractivity contribution < 1.29 is 18.0 Å². The van der Waals surface area contributed by atoms with Gasteiger partial charge in [-0.2, -0.15) is 13.2 Å². The van der Waals surface area contributed by atoms with Gasteiger partial charge in [-0.05, 0) is 57.0 Å². The minimum Gasteiger partial charge on any atom is -0.321 e. The Morgan fingerprint density at radius 3 is 2.78 bits per heavy atom. The number of nitrogens with one attached hydrogen (secondary N) is 2. The molecule has 2 aromatic rings. The molecule has 0 spiro atoms. The Hall–Kier alpha value is -2.42. The largest absolute Gasteiger partial charge is 0.389 e. The number of benzene rings is 1. The van der Waals surface area contributed by atoms with Crippen molar-refractivity contribution >= 4 is 11.6 Å². The Morgan fingerprint density at radius 1 is 1.33 bits per heavy atom. The minimum absolute atomic E-state index is 0.127. The molecule has 0 unspecified atom stereocenters. The summed E-state index contributed by atoms with van der Waals surface area (Å²) < 4.78 is 38.9. The van der Waals surface area contributed by atoms with E-state index in [9.17, 15) is 18.0 Å². The number of amides is 1. The van der Waals surface area contributed by atoms with Gasteiger partial charge in [0.25, 0.3) is 5.91 Å². The second-order valence-corrected chi connectivity index (χ2v) is 6.72. The van der Waals surface area contributed by atoms with Gasteiger partial charge in [-0.25, -0.2) is 4.68 Å². The molecule has 1 saturated heterocycles. The molecule has 27 heavy (non-hydrogen) atoms. The first kappa shape index (κ1) is 19.3. The molecule has 1 aliphatic rings. The smallest absolute Gasteiger partial charge is 0.321 e. The summed E-state index contributed by atoms with van der Waals surface area (Å²) in [7, 11) is 0. The molecule has 1 aromatic heterocycles. The van der Waals surface area contributed by atoms with Crippen molar-refractivity contribution in [3.05, 3.63) is 41.2 Å². The van der Waals surface area contributed by atoms with Gasteiger partial charge in [0.2, 0.25) is 0 Å². The molecular formula is C18H22F3N5O. The van der Waals surface area contributed by atoms with Gasteiger partial charge in [-0.3, -0.25) is 4.79 Å². The monoisotopic (exact) mass is 381 g/mol. The van der Waals surface area contributed by atoms with E-state index in [1.165, 1.54) is 0 Å². The summed E-state index contributed by atoms with van der Waals surface area (Å²) in [6, 6.07) is 6.64. The predicted octanol–water partition coefficient (Wildman–Crippen LogP) is 3.26. The number of nitrogens with zero attached hydrogens (tertiary/aromatic N) is 3. The molecule has 1 fully saturated rings. The van der Waals surface area contributed by atoms with Crippen LogP contribution in [-0.4, -0.2) is 40.2 Å². The minimum atomic E-state index is -4.20. The highest BCUT2D eigenvalue weighted by Gasteiger charge is 2.26. The van der Waals surface area contributed by atoms with Crippen LogP contribution in [0.3, 0.4) is 0 Å². The highest BCUT2D eigenvalue weighted by Crippen LogP contribution is 2.24. The Kier molecular flexibility index (Phi) is 5.79. The molecule has 0 saturated carbocycles. The van der Waals surface area contributed by atoms with Crippen molar-refractivity contribution in [1.29, 1.82) is 0 Å². The topological polar surface area (TPSA) is 71.8 Å². The normalized spacial score (nSPS) is 15.7. The van der Waals surface area contributed by atoms with Crippen molar-refractivity contribution in [3.63, 3.8) is 0 Å². The van der Waals surface area contributed by atoms with Gasteiger partial charge >= 0.3 is 6.18 Å². The standard InChI is InChI=1S/C18H22F3N5O/c1-12-16(24-25-26(12)15-6-9-22-10-7-15)17(27)23-14-4-2-3-13(11-14)5-8-18(19,20)21/h2-4,11,15,22H,5-10H2,1H3,(H,23,27). The van der Waals surface area contributed by atoms with Crippen LogP contribution in [0, 0.1) is 6.92 Å².